The molecule has 1 saturated carbocycles. The number of hydrogen-bond donors (Lipinski definition) is 2. The molecule has 6 nitrogen and oxygen atoms in total. The molecule has 4 atom stereocenters. The molecule has 0 bridgehead atoms. The molecular weight excluding hydrogens is 316 g/mol. The summed E-state index contributed by atoms with van der Waals surface area (Å²) in [5, 5.41) is 12.5. The van der Waals surface area contributed by atoms with Gasteiger partial charge in [-0.1, -0.05) is 26.7 Å². The van der Waals surface area contributed by atoms with Gasteiger partial charge in [0.05, 0.1) is 0 Å². The van der Waals surface area contributed by atoms with Gasteiger partial charge in [0.15, 0.2) is 0 Å². The number of nitrogens with one attached hydrogen (secondary N) is 1. The minimum absolute atomic E-state index is 0.00123. The van der Waals surface area contributed by atoms with Crippen LogP contribution in [0.2, 0.25) is 0 Å². The SMILES string of the molecule is CC(C)[C@H](CCO)NC(=O)[C@@H]1C[C@H]2CCCC[C@H]2N1c1ncccn1. The first-order valence-corrected chi connectivity index (χ1v) is 9.58. The third-order valence-electron chi connectivity index (χ3n) is 5.75. The zero-order valence-electron chi connectivity index (χ0n) is 15.3. The van der Waals surface area contributed by atoms with Crippen molar-refractivity contribution in [1.29, 1.82) is 0 Å². The van der Waals surface area contributed by atoms with Crippen molar-refractivity contribution >= 4 is 11.9 Å². The largest absolute Gasteiger partial charge is 0.396 e. The summed E-state index contributed by atoms with van der Waals surface area (Å²) >= 11 is 0. The Hall–Kier alpha value is -1.69. The van der Waals surface area contributed by atoms with Crippen LogP contribution >= 0.6 is 0 Å². The topological polar surface area (TPSA) is 78.4 Å². The van der Waals surface area contributed by atoms with Crippen LogP contribution in [0.5, 0.6) is 0 Å². The fraction of sp³-hybridized carbons (Fsp3) is 0.737. The van der Waals surface area contributed by atoms with Crippen LogP contribution in [0, 0.1) is 11.8 Å². The lowest BCUT2D eigenvalue weighted by Crippen LogP contribution is -2.51. The van der Waals surface area contributed by atoms with Crippen LogP contribution < -0.4 is 10.2 Å². The molecule has 2 heterocycles. The first-order chi connectivity index (χ1) is 12.1. The number of amides is 1. The van der Waals surface area contributed by atoms with Crippen LogP contribution in [-0.4, -0.2) is 45.7 Å². The first kappa shape index (κ1) is 18.1. The van der Waals surface area contributed by atoms with Gasteiger partial charge in [0, 0.05) is 31.1 Å². The minimum Gasteiger partial charge on any atom is -0.396 e. The Bertz CT molecular complexity index is 566. The van der Waals surface area contributed by atoms with Gasteiger partial charge in [-0.15, -0.1) is 0 Å². The van der Waals surface area contributed by atoms with Crippen LogP contribution in [0.3, 0.4) is 0 Å². The number of aliphatic hydroxyl groups is 1. The van der Waals surface area contributed by atoms with Crippen LogP contribution in [0.1, 0.15) is 52.4 Å². The van der Waals surface area contributed by atoms with Gasteiger partial charge >= 0.3 is 0 Å². The molecule has 1 aliphatic carbocycles. The Labute approximate surface area is 150 Å². The van der Waals surface area contributed by atoms with Crippen LogP contribution in [-0.2, 0) is 4.79 Å². The molecule has 0 radical (unpaired) electrons. The fourth-order valence-electron chi connectivity index (χ4n) is 4.40. The van der Waals surface area contributed by atoms with E-state index in [4.69, 9.17) is 0 Å². The van der Waals surface area contributed by atoms with Gasteiger partial charge in [0.25, 0.3) is 0 Å². The number of nitrogens with zero attached hydrogens (tertiary/aromatic N) is 3. The number of fused-ring (bicyclic) bond motifs is 1. The van der Waals surface area contributed by atoms with E-state index in [1.807, 2.05) is 6.07 Å². The highest BCUT2D eigenvalue weighted by atomic mass is 16.3. The maximum atomic E-state index is 13.1. The van der Waals surface area contributed by atoms with E-state index in [-0.39, 0.29) is 24.6 Å². The predicted molar refractivity (Wildman–Crippen MR) is 97.1 cm³/mol. The lowest BCUT2D eigenvalue weighted by atomic mass is 9.84. The molecule has 3 rings (SSSR count). The Kier molecular flexibility index (Phi) is 5.89. The molecule has 0 aromatic carbocycles. The van der Waals surface area contributed by atoms with Gasteiger partial charge in [-0.05, 0) is 43.6 Å². The lowest BCUT2D eigenvalue weighted by Gasteiger charge is -2.34. The van der Waals surface area contributed by atoms with Gasteiger partial charge in [0.1, 0.15) is 6.04 Å². The summed E-state index contributed by atoms with van der Waals surface area (Å²) in [4.78, 5) is 24.1. The van der Waals surface area contributed by atoms with Gasteiger partial charge in [-0.2, -0.15) is 0 Å². The van der Waals surface area contributed by atoms with Crippen molar-refractivity contribution in [3.63, 3.8) is 0 Å². The van der Waals surface area contributed by atoms with Crippen molar-refractivity contribution in [1.82, 2.24) is 15.3 Å². The quantitative estimate of drug-likeness (QED) is 0.825. The lowest BCUT2D eigenvalue weighted by molar-refractivity contribution is -0.123. The van der Waals surface area contributed by atoms with Gasteiger partial charge < -0.3 is 15.3 Å². The van der Waals surface area contributed by atoms with E-state index in [9.17, 15) is 9.90 Å². The highest BCUT2D eigenvalue weighted by molar-refractivity contribution is 5.86. The molecule has 6 heteroatoms. The number of aromatic nitrogens is 2. The van der Waals surface area contributed by atoms with E-state index in [2.05, 4.69) is 34.0 Å². The Morgan fingerprint density at radius 1 is 1.32 bits per heavy atom. The molecule has 0 spiro atoms. The second-order valence-corrected chi connectivity index (χ2v) is 7.69. The third-order valence-corrected chi connectivity index (χ3v) is 5.75. The number of anilines is 1. The zero-order valence-corrected chi connectivity index (χ0v) is 15.3. The van der Waals surface area contributed by atoms with Crippen molar-refractivity contribution in [3.05, 3.63) is 18.5 Å². The third kappa shape index (κ3) is 3.94. The molecular formula is C19H30N4O2. The molecule has 25 heavy (non-hydrogen) atoms. The molecule has 138 valence electrons. The Balaban J connectivity index is 1.81. The maximum Gasteiger partial charge on any atom is 0.243 e. The average Bonchev–Trinajstić information content (AvgIpc) is 3.01. The molecule has 1 saturated heterocycles. The Morgan fingerprint density at radius 3 is 2.72 bits per heavy atom. The molecule has 2 aliphatic rings. The van der Waals surface area contributed by atoms with Crippen LogP contribution in [0.15, 0.2) is 18.5 Å². The number of carbonyl (C=O) groups excluding carboxylic acids is 1. The molecule has 2 N–H and O–H groups in total. The summed E-state index contributed by atoms with van der Waals surface area (Å²) in [7, 11) is 0. The summed E-state index contributed by atoms with van der Waals surface area (Å²) in [6.07, 6.45) is 9.70. The van der Waals surface area contributed by atoms with Crippen molar-refractivity contribution in [2.45, 2.75) is 70.5 Å². The summed E-state index contributed by atoms with van der Waals surface area (Å²) in [6.45, 7) is 4.24. The van der Waals surface area contributed by atoms with Crippen molar-refractivity contribution in [3.8, 4) is 0 Å². The van der Waals surface area contributed by atoms with Crippen molar-refractivity contribution < 1.29 is 9.90 Å². The Morgan fingerprint density at radius 2 is 2.04 bits per heavy atom. The van der Waals surface area contributed by atoms with E-state index in [0.717, 1.165) is 12.8 Å². The summed E-state index contributed by atoms with van der Waals surface area (Å²) < 4.78 is 0. The predicted octanol–water partition coefficient (Wildman–Crippen LogP) is 2.14. The second-order valence-electron chi connectivity index (χ2n) is 7.69. The summed E-state index contributed by atoms with van der Waals surface area (Å²) in [5.74, 6) is 1.55. The van der Waals surface area contributed by atoms with Crippen LogP contribution in [0.4, 0.5) is 5.95 Å². The highest BCUT2D eigenvalue weighted by Crippen LogP contribution is 2.41. The highest BCUT2D eigenvalue weighted by Gasteiger charge is 2.46. The van der Waals surface area contributed by atoms with Gasteiger partial charge in [0.2, 0.25) is 11.9 Å². The van der Waals surface area contributed by atoms with Crippen molar-refractivity contribution in [2.24, 2.45) is 11.8 Å². The standard InChI is InChI=1S/C19H30N4O2/c1-13(2)15(8-11-24)22-18(25)17-12-14-6-3-4-7-16(14)23(17)19-20-9-5-10-21-19/h5,9-10,13-17,24H,3-4,6-8,11-12H2,1-2H3,(H,22,25)/t14-,15+,16-,17+/m1/s1. The molecule has 1 aliphatic heterocycles. The monoisotopic (exact) mass is 346 g/mol. The molecule has 1 aromatic heterocycles. The van der Waals surface area contributed by atoms with E-state index < -0.39 is 0 Å². The average molecular weight is 346 g/mol. The summed E-state index contributed by atoms with van der Waals surface area (Å²) in [6, 6.07) is 1.96. The van der Waals surface area contributed by atoms with E-state index in [1.54, 1.807) is 12.4 Å². The van der Waals surface area contributed by atoms with Gasteiger partial charge in [-0.3, -0.25) is 4.79 Å². The van der Waals surface area contributed by atoms with Crippen molar-refractivity contribution in [2.75, 3.05) is 11.5 Å². The first-order valence-electron chi connectivity index (χ1n) is 9.58. The molecule has 2 fully saturated rings. The smallest absolute Gasteiger partial charge is 0.243 e. The van der Waals surface area contributed by atoms with E-state index >= 15 is 0 Å². The van der Waals surface area contributed by atoms with Crippen LogP contribution in [0.25, 0.3) is 0 Å². The molecule has 1 aromatic rings. The summed E-state index contributed by atoms with van der Waals surface area (Å²) in [5.41, 5.74) is 0. The minimum atomic E-state index is -0.213. The maximum absolute atomic E-state index is 13.1. The zero-order chi connectivity index (χ0) is 17.8. The molecule has 0 unspecified atom stereocenters. The van der Waals surface area contributed by atoms with Gasteiger partial charge in [-0.25, -0.2) is 9.97 Å². The number of hydrogen-bond acceptors (Lipinski definition) is 5. The van der Waals surface area contributed by atoms with E-state index in [1.165, 1.54) is 19.3 Å². The molecule has 1 amide bonds. The van der Waals surface area contributed by atoms with E-state index in [0.29, 0.717) is 30.2 Å². The number of aliphatic hydroxyl groups excluding tert-OH is 1. The number of rotatable bonds is 6. The normalized spacial score (nSPS) is 27.2. The number of carbonyl (C=O) groups is 1. The fourth-order valence-corrected chi connectivity index (χ4v) is 4.40. The second kappa shape index (κ2) is 8.13.